The molecule has 25 heavy (non-hydrogen) atoms. The normalized spacial score (nSPS) is 11.6. The van der Waals surface area contributed by atoms with Crippen LogP contribution >= 0.6 is 11.5 Å². The minimum atomic E-state index is 0.855. The van der Waals surface area contributed by atoms with Gasteiger partial charge in [0, 0.05) is 22.8 Å². The largest absolute Gasteiger partial charge is 0.268 e. The molecule has 0 aliphatic rings. The first-order valence-electron chi connectivity index (χ1n) is 8.12. The molecule has 0 amide bonds. The minimum absolute atomic E-state index is 0.855. The molecule has 4 aromatic rings. The molecule has 0 saturated carbocycles. The summed E-state index contributed by atoms with van der Waals surface area (Å²) in [4.78, 5) is 5.68. The van der Waals surface area contributed by atoms with Gasteiger partial charge >= 0.3 is 0 Å². The monoisotopic (exact) mass is 343 g/mol. The van der Waals surface area contributed by atoms with Gasteiger partial charge in [0.2, 0.25) is 4.80 Å². The standard InChI is InChI=1S/C21H17N3S/c1-16-12-14-18(15-13-16)22-21-24(19-10-6-3-7-11-19)20(23-25-21)17-8-4-2-5-9-17/h2-15H,1H3. The number of para-hydroxylation sites is 1. The second-order valence-electron chi connectivity index (χ2n) is 5.77. The van der Waals surface area contributed by atoms with Crippen molar-refractivity contribution in [3.63, 3.8) is 0 Å². The van der Waals surface area contributed by atoms with E-state index in [1.165, 1.54) is 17.1 Å². The van der Waals surface area contributed by atoms with Crippen LogP contribution in [0.5, 0.6) is 0 Å². The highest BCUT2D eigenvalue weighted by Gasteiger charge is 2.11. The van der Waals surface area contributed by atoms with Crippen LogP contribution in [0.2, 0.25) is 0 Å². The fourth-order valence-corrected chi connectivity index (χ4v) is 3.41. The lowest BCUT2D eigenvalue weighted by atomic mass is 10.2. The van der Waals surface area contributed by atoms with Gasteiger partial charge in [0.05, 0.1) is 5.69 Å². The minimum Gasteiger partial charge on any atom is -0.268 e. The summed E-state index contributed by atoms with van der Waals surface area (Å²) in [5.41, 5.74) is 4.29. The molecule has 0 atom stereocenters. The molecule has 0 saturated heterocycles. The molecule has 1 heterocycles. The van der Waals surface area contributed by atoms with E-state index in [4.69, 9.17) is 4.99 Å². The van der Waals surface area contributed by atoms with Crippen LogP contribution in [0.25, 0.3) is 17.1 Å². The maximum Gasteiger partial charge on any atom is 0.214 e. The third-order valence-electron chi connectivity index (χ3n) is 3.92. The first-order valence-corrected chi connectivity index (χ1v) is 8.89. The van der Waals surface area contributed by atoms with E-state index in [9.17, 15) is 0 Å². The molecule has 0 fully saturated rings. The van der Waals surface area contributed by atoms with E-state index >= 15 is 0 Å². The molecule has 0 aliphatic carbocycles. The molecule has 0 radical (unpaired) electrons. The lowest BCUT2D eigenvalue weighted by Crippen LogP contribution is -2.13. The second kappa shape index (κ2) is 6.87. The Labute approximate surface area is 150 Å². The van der Waals surface area contributed by atoms with E-state index in [-0.39, 0.29) is 0 Å². The number of nitrogens with zero attached hydrogens (tertiary/aromatic N) is 3. The predicted molar refractivity (Wildman–Crippen MR) is 103 cm³/mol. The van der Waals surface area contributed by atoms with Gasteiger partial charge in [0.15, 0.2) is 5.82 Å². The van der Waals surface area contributed by atoms with Crippen LogP contribution in [0.1, 0.15) is 5.56 Å². The first kappa shape index (κ1) is 15.5. The molecule has 4 rings (SSSR count). The maximum absolute atomic E-state index is 4.82. The average Bonchev–Trinajstić information content (AvgIpc) is 3.08. The Morgan fingerprint density at radius 3 is 2.12 bits per heavy atom. The summed E-state index contributed by atoms with van der Waals surface area (Å²) in [5, 5.41) is 0. The molecule has 0 bridgehead atoms. The first-order chi connectivity index (χ1) is 12.3. The van der Waals surface area contributed by atoms with Gasteiger partial charge in [-0.15, -0.1) is 0 Å². The van der Waals surface area contributed by atoms with Gasteiger partial charge in [0.1, 0.15) is 0 Å². The van der Waals surface area contributed by atoms with Crippen molar-refractivity contribution in [3.05, 3.63) is 95.3 Å². The van der Waals surface area contributed by atoms with Gasteiger partial charge in [-0.05, 0) is 31.2 Å². The number of aryl methyl sites for hydroxylation is 1. The zero-order valence-corrected chi connectivity index (χ0v) is 14.6. The van der Waals surface area contributed by atoms with Gasteiger partial charge in [-0.3, -0.25) is 4.57 Å². The molecular formula is C21H17N3S. The molecular weight excluding hydrogens is 326 g/mol. The maximum atomic E-state index is 4.82. The smallest absolute Gasteiger partial charge is 0.214 e. The van der Waals surface area contributed by atoms with Crippen molar-refractivity contribution in [3.8, 4) is 17.1 Å². The van der Waals surface area contributed by atoms with Crippen molar-refractivity contribution >= 4 is 17.2 Å². The van der Waals surface area contributed by atoms with Gasteiger partial charge in [-0.2, -0.15) is 4.37 Å². The molecule has 0 N–H and O–H groups in total. The van der Waals surface area contributed by atoms with Crippen LogP contribution in [0.3, 0.4) is 0 Å². The summed E-state index contributed by atoms with van der Waals surface area (Å²) in [5.74, 6) is 0.905. The van der Waals surface area contributed by atoms with Crippen molar-refractivity contribution in [2.45, 2.75) is 6.92 Å². The predicted octanol–water partition coefficient (Wildman–Crippen LogP) is 5.14. The van der Waals surface area contributed by atoms with Crippen LogP contribution in [0, 0.1) is 6.92 Å². The molecule has 3 aromatic carbocycles. The van der Waals surface area contributed by atoms with Crippen molar-refractivity contribution < 1.29 is 0 Å². The number of benzene rings is 3. The summed E-state index contributed by atoms with van der Waals surface area (Å²) in [7, 11) is 0. The Hall–Kier alpha value is -2.98. The highest BCUT2D eigenvalue weighted by atomic mass is 32.1. The molecule has 122 valence electrons. The van der Waals surface area contributed by atoms with Crippen LogP contribution in [-0.2, 0) is 0 Å². The Morgan fingerprint density at radius 2 is 1.44 bits per heavy atom. The molecule has 3 nitrogen and oxygen atoms in total. The number of rotatable bonds is 3. The fourth-order valence-electron chi connectivity index (χ4n) is 2.64. The van der Waals surface area contributed by atoms with E-state index < -0.39 is 0 Å². The van der Waals surface area contributed by atoms with E-state index in [1.54, 1.807) is 0 Å². The van der Waals surface area contributed by atoms with Crippen molar-refractivity contribution in [1.82, 2.24) is 8.94 Å². The Balaban J connectivity index is 1.94. The van der Waals surface area contributed by atoms with Crippen LogP contribution < -0.4 is 4.80 Å². The van der Waals surface area contributed by atoms with Crippen molar-refractivity contribution in [2.24, 2.45) is 4.99 Å². The molecule has 0 aliphatic heterocycles. The van der Waals surface area contributed by atoms with E-state index in [2.05, 4.69) is 52.3 Å². The summed E-state index contributed by atoms with van der Waals surface area (Å²) >= 11 is 1.41. The summed E-state index contributed by atoms with van der Waals surface area (Å²) in [6, 6.07) is 28.7. The third kappa shape index (κ3) is 3.30. The fraction of sp³-hybridized carbons (Fsp3) is 0.0476. The van der Waals surface area contributed by atoms with Crippen LogP contribution in [0.15, 0.2) is 89.9 Å². The Morgan fingerprint density at radius 1 is 0.800 bits per heavy atom. The van der Waals surface area contributed by atoms with Crippen molar-refractivity contribution in [1.29, 1.82) is 0 Å². The number of hydrogen-bond donors (Lipinski definition) is 0. The number of aromatic nitrogens is 2. The average molecular weight is 343 g/mol. The van der Waals surface area contributed by atoms with Crippen LogP contribution in [-0.4, -0.2) is 8.94 Å². The van der Waals surface area contributed by atoms with Crippen LogP contribution in [0.4, 0.5) is 5.69 Å². The highest BCUT2D eigenvalue weighted by Crippen LogP contribution is 2.21. The summed E-state index contributed by atoms with van der Waals surface area (Å²) in [6.07, 6.45) is 0. The number of hydrogen-bond acceptors (Lipinski definition) is 3. The highest BCUT2D eigenvalue weighted by molar-refractivity contribution is 7.03. The zero-order valence-electron chi connectivity index (χ0n) is 13.8. The van der Waals surface area contributed by atoms with Gasteiger partial charge in [-0.1, -0.05) is 66.2 Å². The van der Waals surface area contributed by atoms with Gasteiger partial charge in [0.25, 0.3) is 0 Å². The third-order valence-corrected chi connectivity index (χ3v) is 4.62. The molecule has 4 heteroatoms. The lowest BCUT2D eigenvalue weighted by Gasteiger charge is -2.07. The molecule has 0 unspecified atom stereocenters. The lowest BCUT2D eigenvalue weighted by molar-refractivity contribution is 0.996. The van der Waals surface area contributed by atoms with Gasteiger partial charge in [-0.25, -0.2) is 4.99 Å². The van der Waals surface area contributed by atoms with E-state index in [0.717, 1.165) is 27.6 Å². The molecule has 0 spiro atoms. The topological polar surface area (TPSA) is 30.2 Å². The SMILES string of the molecule is Cc1ccc(N=c2snc(-c3ccccc3)n2-c2ccccc2)cc1. The van der Waals surface area contributed by atoms with Gasteiger partial charge < -0.3 is 0 Å². The van der Waals surface area contributed by atoms with Crippen molar-refractivity contribution in [2.75, 3.05) is 0 Å². The Kier molecular flexibility index (Phi) is 4.27. The quantitative estimate of drug-likeness (QED) is 0.506. The van der Waals surface area contributed by atoms with E-state index in [1.807, 2.05) is 48.5 Å². The Bertz CT molecular complexity index is 1030. The summed E-state index contributed by atoms with van der Waals surface area (Å²) in [6.45, 7) is 2.08. The summed E-state index contributed by atoms with van der Waals surface area (Å²) < 4.78 is 6.80. The molecule has 1 aromatic heterocycles. The van der Waals surface area contributed by atoms with E-state index in [0.29, 0.717) is 0 Å². The zero-order chi connectivity index (χ0) is 17.1. The second-order valence-corrected chi connectivity index (χ2v) is 6.50.